The minimum Gasteiger partial charge on any atom is -0.491 e. The SMILES string of the molecule is Cc1ccc([C@H](CCN[C@@H](C)c2ccc(Cl)cc2)c2ccc(OC(C)C)cc2)cc1. The number of rotatable bonds is 9. The van der Waals surface area contributed by atoms with Crippen molar-refractivity contribution in [2.45, 2.75) is 52.2 Å². The molecule has 0 saturated carbocycles. The largest absolute Gasteiger partial charge is 0.491 e. The van der Waals surface area contributed by atoms with Crippen LogP contribution in [0.4, 0.5) is 0 Å². The highest BCUT2D eigenvalue weighted by Gasteiger charge is 2.15. The van der Waals surface area contributed by atoms with E-state index in [1.165, 1.54) is 22.3 Å². The van der Waals surface area contributed by atoms with Crippen LogP contribution >= 0.6 is 11.6 Å². The van der Waals surface area contributed by atoms with Gasteiger partial charge in [0.05, 0.1) is 6.10 Å². The zero-order chi connectivity index (χ0) is 21.5. The predicted octanol–water partition coefficient (Wildman–Crippen LogP) is 7.31. The van der Waals surface area contributed by atoms with Crippen molar-refractivity contribution in [1.29, 1.82) is 0 Å². The highest BCUT2D eigenvalue weighted by molar-refractivity contribution is 6.30. The van der Waals surface area contributed by atoms with Crippen LogP contribution < -0.4 is 10.1 Å². The lowest BCUT2D eigenvalue weighted by atomic mass is 9.88. The second-order valence-electron chi connectivity index (χ2n) is 8.21. The number of hydrogen-bond donors (Lipinski definition) is 1. The first-order chi connectivity index (χ1) is 14.4. The van der Waals surface area contributed by atoms with Gasteiger partial charge < -0.3 is 10.1 Å². The van der Waals surface area contributed by atoms with E-state index < -0.39 is 0 Å². The van der Waals surface area contributed by atoms with E-state index in [2.05, 4.69) is 93.7 Å². The minimum absolute atomic E-state index is 0.183. The fraction of sp³-hybridized carbons (Fsp3) is 0.333. The van der Waals surface area contributed by atoms with Gasteiger partial charge in [-0.1, -0.05) is 65.7 Å². The Morgan fingerprint density at radius 1 is 0.767 bits per heavy atom. The average molecular weight is 422 g/mol. The number of hydrogen-bond acceptors (Lipinski definition) is 2. The Balaban J connectivity index is 1.71. The smallest absolute Gasteiger partial charge is 0.119 e. The Morgan fingerprint density at radius 2 is 1.30 bits per heavy atom. The summed E-state index contributed by atoms with van der Waals surface area (Å²) in [5.41, 5.74) is 5.20. The monoisotopic (exact) mass is 421 g/mol. The molecule has 0 aliphatic carbocycles. The molecule has 0 spiro atoms. The van der Waals surface area contributed by atoms with Crippen LogP contribution in [0.3, 0.4) is 0 Å². The minimum atomic E-state index is 0.183. The third kappa shape index (κ3) is 6.35. The molecule has 0 aromatic heterocycles. The van der Waals surface area contributed by atoms with Crippen molar-refractivity contribution in [3.8, 4) is 5.75 Å². The number of halogens is 1. The molecule has 30 heavy (non-hydrogen) atoms. The Bertz CT molecular complexity index is 901. The van der Waals surface area contributed by atoms with Crippen molar-refractivity contribution < 1.29 is 4.74 Å². The van der Waals surface area contributed by atoms with Crippen LogP contribution in [0.15, 0.2) is 72.8 Å². The zero-order valence-electron chi connectivity index (χ0n) is 18.4. The second kappa shape index (κ2) is 10.7. The van der Waals surface area contributed by atoms with Crippen molar-refractivity contribution in [3.05, 3.63) is 100 Å². The molecule has 0 radical (unpaired) electrons. The van der Waals surface area contributed by atoms with Gasteiger partial charge in [-0.2, -0.15) is 0 Å². The van der Waals surface area contributed by atoms with Gasteiger partial charge in [0, 0.05) is 17.0 Å². The molecule has 3 heteroatoms. The molecule has 0 aliphatic heterocycles. The Kier molecular flexibility index (Phi) is 7.95. The Hall–Kier alpha value is -2.29. The number of nitrogens with one attached hydrogen (secondary N) is 1. The van der Waals surface area contributed by atoms with E-state index in [1.807, 2.05) is 12.1 Å². The molecule has 0 aliphatic rings. The maximum absolute atomic E-state index is 6.02. The fourth-order valence-electron chi connectivity index (χ4n) is 3.69. The third-order valence-electron chi connectivity index (χ3n) is 5.39. The summed E-state index contributed by atoms with van der Waals surface area (Å²) in [7, 11) is 0. The molecule has 158 valence electrons. The number of benzene rings is 3. The number of aryl methyl sites for hydroxylation is 1. The molecule has 3 aromatic carbocycles. The van der Waals surface area contributed by atoms with Crippen molar-refractivity contribution in [3.63, 3.8) is 0 Å². The van der Waals surface area contributed by atoms with Crippen LogP contribution in [-0.2, 0) is 0 Å². The van der Waals surface area contributed by atoms with Gasteiger partial charge in [0.15, 0.2) is 0 Å². The summed E-state index contributed by atoms with van der Waals surface area (Å²) in [6.45, 7) is 9.36. The predicted molar refractivity (Wildman–Crippen MR) is 128 cm³/mol. The average Bonchev–Trinajstić information content (AvgIpc) is 2.73. The molecular weight excluding hydrogens is 390 g/mol. The van der Waals surface area contributed by atoms with Gasteiger partial charge in [-0.25, -0.2) is 0 Å². The van der Waals surface area contributed by atoms with Crippen LogP contribution in [0, 0.1) is 6.92 Å². The molecule has 0 bridgehead atoms. The first-order valence-electron chi connectivity index (χ1n) is 10.7. The topological polar surface area (TPSA) is 21.3 Å². The summed E-state index contributed by atoms with van der Waals surface area (Å²) in [6, 6.07) is 25.8. The standard InChI is InChI=1S/C27H32ClNO/c1-19(2)30-26-15-11-24(12-16-26)27(23-7-5-20(3)6-8-23)17-18-29-21(4)22-9-13-25(28)14-10-22/h5-16,19,21,27,29H,17-18H2,1-4H3/t21-,27-/m0/s1. The number of ether oxygens (including phenoxy) is 1. The van der Waals surface area contributed by atoms with Gasteiger partial charge in [-0.3, -0.25) is 0 Å². The normalized spacial score (nSPS) is 13.3. The molecule has 0 fully saturated rings. The molecular formula is C27H32ClNO. The van der Waals surface area contributed by atoms with E-state index in [4.69, 9.17) is 16.3 Å². The maximum Gasteiger partial charge on any atom is 0.119 e. The quantitative estimate of drug-likeness (QED) is 0.391. The molecule has 0 amide bonds. The summed E-state index contributed by atoms with van der Waals surface area (Å²) in [5, 5.41) is 4.44. The first-order valence-corrected chi connectivity index (χ1v) is 11.1. The van der Waals surface area contributed by atoms with Crippen LogP contribution in [0.2, 0.25) is 5.02 Å². The molecule has 0 saturated heterocycles. The van der Waals surface area contributed by atoms with Crippen LogP contribution in [0.1, 0.15) is 61.4 Å². The van der Waals surface area contributed by atoms with Gasteiger partial charge >= 0.3 is 0 Å². The fourth-order valence-corrected chi connectivity index (χ4v) is 3.81. The zero-order valence-corrected chi connectivity index (χ0v) is 19.1. The summed E-state index contributed by atoms with van der Waals surface area (Å²) >= 11 is 6.02. The van der Waals surface area contributed by atoms with Gasteiger partial charge in [0.2, 0.25) is 0 Å². The van der Waals surface area contributed by atoms with Gasteiger partial charge in [0.25, 0.3) is 0 Å². The first kappa shape index (κ1) is 22.4. The summed E-state index contributed by atoms with van der Waals surface area (Å²) in [4.78, 5) is 0. The van der Waals surface area contributed by atoms with E-state index in [0.717, 1.165) is 23.7 Å². The van der Waals surface area contributed by atoms with Crippen molar-refractivity contribution in [2.75, 3.05) is 6.54 Å². The lowest BCUT2D eigenvalue weighted by Gasteiger charge is -2.21. The second-order valence-corrected chi connectivity index (χ2v) is 8.65. The van der Waals surface area contributed by atoms with E-state index in [1.54, 1.807) is 0 Å². The third-order valence-corrected chi connectivity index (χ3v) is 5.64. The highest BCUT2D eigenvalue weighted by Crippen LogP contribution is 2.30. The molecule has 2 atom stereocenters. The maximum atomic E-state index is 6.02. The lowest BCUT2D eigenvalue weighted by Crippen LogP contribution is -2.21. The summed E-state index contributed by atoms with van der Waals surface area (Å²) in [5.74, 6) is 1.26. The lowest BCUT2D eigenvalue weighted by molar-refractivity contribution is 0.242. The molecule has 1 N–H and O–H groups in total. The van der Waals surface area contributed by atoms with E-state index >= 15 is 0 Å². The van der Waals surface area contributed by atoms with Gasteiger partial charge in [-0.15, -0.1) is 0 Å². The van der Waals surface area contributed by atoms with Crippen molar-refractivity contribution in [1.82, 2.24) is 5.32 Å². The van der Waals surface area contributed by atoms with Gasteiger partial charge in [-0.05, 0) is 81.6 Å². The van der Waals surface area contributed by atoms with Crippen LogP contribution in [0.25, 0.3) is 0 Å². The highest BCUT2D eigenvalue weighted by atomic mass is 35.5. The Labute approximate surface area is 186 Å². The van der Waals surface area contributed by atoms with E-state index in [9.17, 15) is 0 Å². The van der Waals surface area contributed by atoms with E-state index in [0.29, 0.717) is 5.92 Å². The summed E-state index contributed by atoms with van der Waals surface area (Å²) in [6.07, 6.45) is 1.20. The molecule has 3 aromatic rings. The molecule has 0 heterocycles. The van der Waals surface area contributed by atoms with Crippen LogP contribution in [-0.4, -0.2) is 12.6 Å². The van der Waals surface area contributed by atoms with Crippen molar-refractivity contribution >= 4 is 11.6 Å². The van der Waals surface area contributed by atoms with Crippen molar-refractivity contribution in [2.24, 2.45) is 0 Å². The molecule has 3 rings (SSSR count). The molecule has 2 nitrogen and oxygen atoms in total. The van der Waals surface area contributed by atoms with Gasteiger partial charge in [0.1, 0.15) is 5.75 Å². The Morgan fingerprint density at radius 3 is 1.87 bits per heavy atom. The molecule has 0 unspecified atom stereocenters. The summed E-state index contributed by atoms with van der Waals surface area (Å²) < 4.78 is 5.82. The van der Waals surface area contributed by atoms with E-state index in [-0.39, 0.29) is 12.1 Å². The van der Waals surface area contributed by atoms with Crippen LogP contribution in [0.5, 0.6) is 5.75 Å².